The van der Waals surface area contributed by atoms with E-state index in [0.717, 1.165) is 6.92 Å². The molecule has 0 aliphatic carbocycles. The fourth-order valence-electron chi connectivity index (χ4n) is 9.06. The summed E-state index contributed by atoms with van der Waals surface area (Å²) < 4.78 is 74.6. The van der Waals surface area contributed by atoms with Crippen LogP contribution in [0.15, 0.2) is 30.3 Å². The van der Waals surface area contributed by atoms with Gasteiger partial charge in [-0.25, -0.2) is 4.79 Å². The van der Waals surface area contributed by atoms with Crippen LogP contribution < -0.4 is 15.4 Å². The first-order valence-electron chi connectivity index (χ1n) is 21.8. The van der Waals surface area contributed by atoms with Gasteiger partial charge < -0.3 is 63.5 Å². The number of carbonyl (C=O) groups is 3. The van der Waals surface area contributed by atoms with Gasteiger partial charge in [0.05, 0.1) is 43.1 Å². The molecule has 4 aliphatic rings. The number of hydrogen-bond acceptors (Lipinski definition) is 16. The molecule has 4 heterocycles. The molecule has 4 N–H and O–H groups in total. The zero-order valence-electron chi connectivity index (χ0n) is 38.3. The van der Waals surface area contributed by atoms with Crippen molar-refractivity contribution in [1.82, 2.24) is 10.6 Å². The molecule has 1 aromatic rings. The predicted octanol–water partition coefficient (Wildman–Crippen LogP) is 2.76. The highest BCUT2D eigenvalue weighted by molar-refractivity contribution is 7.16. The highest BCUT2D eigenvalue weighted by atomic mass is 31.0. The summed E-state index contributed by atoms with van der Waals surface area (Å²) in [4.78, 5) is 38.5. The zero-order valence-corrected chi connectivity index (χ0v) is 38.6. The zero-order chi connectivity index (χ0) is 46.0. The minimum Gasteiger partial charge on any atom is -0.456 e. The number of aliphatic hydroxyl groups is 2. The Morgan fingerprint density at radius 2 is 1.30 bits per heavy atom. The van der Waals surface area contributed by atoms with E-state index in [4.69, 9.17) is 45.5 Å². The van der Waals surface area contributed by atoms with Crippen molar-refractivity contribution < 1.29 is 70.1 Å². The maximum absolute atomic E-state index is 13.4. The molecular weight excluding hydrogens is 818 g/mol. The molecule has 0 amide bonds. The first-order valence-corrected chi connectivity index (χ1v) is 22.6. The van der Waals surface area contributed by atoms with Crippen molar-refractivity contribution in [1.29, 1.82) is 0 Å². The topological polar surface area (TPSA) is 199 Å². The van der Waals surface area contributed by atoms with Gasteiger partial charge in [0, 0.05) is 37.2 Å². The van der Waals surface area contributed by atoms with Gasteiger partial charge in [-0.15, -0.1) is 18.5 Å². The molecule has 0 bridgehead atoms. The molecule has 4 saturated heterocycles. The van der Waals surface area contributed by atoms with E-state index in [2.05, 4.69) is 25.4 Å². The van der Waals surface area contributed by atoms with Crippen molar-refractivity contribution in [3.63, 3.8) is 0 Å². The van der Waals surface area contributed by atoms with Crippen LogP contribution in [0.1, 0.15) is 69.2 Å². The van der Waals surface area contributed by atoms with E-state index in [1.807, 2.05) is 34.6 Å². The van der Waals surface area contributed by atoms with Gasteiger partial charge in [0.25, 0.3) is 0 Å². The van der Waals surface area contributed by atoms with E-state index in [0.29, 0.717) is 0 Å². The number of benzene rings is 1. The van der Waals surface area contributed by atoms with Crippen molar-refractivity contribution in [3.8, 4) is 5.75 Å². The highest BCUT2D eigenvalue weighted by Gasteiger charge is 2.59. The lowest BCUT2D eigenvalue weighted by Gasteiger charge is -2.52. The summed E-state index contributed by atoms with van der Waals surface area (Å²) in [5.74, 6) is -2.34. The molecule has 4 fully saturated rings. The third-order valence-corrected chi connectivity index (χ3v) is 13.2. The van der Waals surface area contributed by atoms with E-state index in [9.17, 15) is 24.6 Å². The van der Waals surface area contributed by atoms with E-state index >= 15 is 0 Å². The van der Waals surface area contributed by atoms with Gasteiger partial charge in [0.15, 0.2) is 36.9 Å². The Morgan fingerprint density at radius 3 is 1.87 bits per heavy atom. The van der Waals surface area contributed by atoms with Crippen LogP contribution in [-0.4, -0.2) is 139 Å². The van der Waals surface area contributed by atoms with Crippen molar-refractivity contribution in [2.45, 2.75) is 161 Å². The summed E-state index contributed by atoms with van der Waals surface area (Å²) in [6.45, 7) is 16.8. The number of esters is 2. The van der Waals surface area contributed by atoms with Crippen LogP contribution in [0.3, 0.4) is 0 Å². The summed E-state index contributed by atoms with van der Waals surface area (Å²) >= 11 is 0. The smallest absolute Gasteiger partial charge is 0.343 e. The van der Waals surface area contributed by atoms with Crippen molar-refractivity contribution in [2.24, 2.45) is 29.6 Å². The normalized spacial score (nSPS) is 44.2. The molecular formula is C42H68N2O14P2. The molecule has 5 rings (SSSR count). The Labute approximate surface area is 361 Å². The fourth-order valence-corrected chi connectivity index (χ4v) is 9.54. The number of Topliss-reactive ketones (excluding diaryl/α,β-unsaturated/α-hetero) is 1. The number of hydrogen-bond donors (Lipinski definition) is 4. The Bertz CT molecular complexity index is 1660. The molecule has 1 aromatic carbocycles. The lowest BCUT2D eigenvalue weighted by molar-refractivity contribution is -0.351. The number of para-hydroxylation sites is 1. The highest BCUT2D eigenvalue weighted by Crippen LogP contribution is 2.41. The van der Waals surface area contributed by atoms with E-state index in [1.165, 1.54) is 24.5 Å². The van der Waals surface area contributed by atoms with Crippen molar-refractivity contribution >= 4 is 36.2 Å². The predicted molar refractivity (Wildman–Crippen MR) is 225 cm³/mol. The summed E-state index contributed by atoms with van der Waals surface area (Å²) in [7, 11) is 5.04. The maximum Gasteiger partial charge on any atom is 0.343 e. The maximum atomic E-state index is 13.4. The number of rotatable bonds is 15. The van der Waals surface area contributed by atoms with E-state index in [1.54, 1.807) is 37.3 Å². The van der Waals surface area contributed by atoms with Gasteiger partial charge in [-0.3, -0.25) is 9.59 Å². The van der Waals surface area contributed by atoms with Gasteiger partial charge in [-0.05, 0) is 51.7 Å². The number of ether oxygens (including phenoxy) is 9. The number of carbonyl (C=O) groups excluding carboxylic acids is 3. The van der Waals surface area contributed by atoms with Crippen LogP contribution in [-0.2, 0) is 52.3 Å². The third kappa shape index (κ3) is 10.8. The Balaban J connectivity index is 1.38. The fraction of sp³-hybridized carbons (Fsp3) is 0.786. The van der Waals surface area contributed by atoms with Gasteiger partial charge in [-0.2, -0.15) is 0 Å². The van der Waals surface area contributed by atoms with E-state index < -0.39 is 116 Å². The molecule has 0 aromatic heterocycles. The summed E-state index contributed by atoms with van der Waals surface area (Å²) in [6, 6.07) is 6.69. The quantitative estimate of drug-likeness (QED) is 0.114. The second kappa shape index (κ2) is 21.3. The Morgan fingerprint density at radius 1 is 0.750 bits per heavy atom. The number of ketones is 1. The number of aliphatic hydroxyl groups excluding tert-OH is 1. The first-order chi connectivity index (χ1) is 29.2. The molecule has 4 aliphatic heterocycles. The van der Waals surface area contributed by atoms with Crippen LogP contribution >= 0.6 is 18.5 Å². The minimum atomic E-state index is -2.16. The van der Waals surface area contributed by atoms with Gasteiger partial charge in [0.1, 0.15) is 32.5 Å². The monoisotopic (exact) mass is 890 g/mol. The largest absolute Gasteiger partial charge is 0.456 e. The van der Waals surface area contributed by atoms with Crippen LogP contribution in [0.25, 0.3) is 0 Å². The van der Waals surface area contributed by atoms with Crippen LogP contribution in [0.4, 0.5) is 0 Å². The average Bonchev–Trinajstić information content (AvgIpc) is 3.22. The molecule has 60 heavy (non-hydrogen) atoms. The van der Waals surface area contributed by atoms with Crippen LogP contribution in [0.5, 0.6) is 5.75 Å². The standard InChI is InChI=1S/C42H68N2O14P2/c1-19-20(2)32(24(6)46)55-39(21(19)3)56-33-22(4)30(43-17-59)40(51-25(33)7)57-34-23(5)31(44-18-60)41(54-29(34)16-45)58-35-26(8)50-37(42(10,49)36(35)52-27(9)47)38(48)53-28-14-12-11-13-15-28/h11-15,19-23,25-26,29-37,39-41,43-45,49H,16-18,59-60H2,1-10H3/t19-,20+,21?,22+,23+,25?,26-,29?,30?,31?,32?,33+,34+,35?,36+,37?,39-,40-,41-,42-/m0/s1/i/hT2. The summed E-state index contributed by atoms with van der Waals surface area (Å²) in [6.07, 6.45) is -11.6. The lowest BCUT2D eigenvalue weighted by Crippen LogP contribution is -2.70. The molecule has 340 valence electrons. The van der Waals surface area contributed by atoms with Gasteiger partial charge in [0.2, 0.25) is 0 Å². The van der Waals surface area contributed by atoms with Crippen molar-refractivity contribution in [2.75, 3.05) is 19.2 Å². The first kappa shape index (κ1) is 46.2. The minimum absolute atomic E-state index is 0.0120. The molecule has 22 atom stereocenters. The van der Waals surface area contributed by atoms with Crippen molar-refractivity contribution in [3.05, 3.63) is 30.3 Å². The van der Waals surface area contributed by atoms with Gasteiger partial charge in [-0.1, -0.05) is 52.8 Å². The van der Waals surface area contributed by atoms with Crippen LogP contribution in [0.2, 0.25) is 2.82 Å². The summed E-state index contributed by atoms with van der Waals surface area (Å²) in [5.41, 5.74) is -2.16. The molecule has 0 saturated carbocycles. The lowest BCUT2D eigenvalue weighted by atomic mass is 9.78. The molecule has 0 radical (unpaired) electrons. The molecule has 16 nitrogen and oxygen atoms in total. The summed E-state index contributed by atoms with van der Waals surface area (Å²) in [5, 5.41) is 25.3. The van der Waals surface area contributed by atoms with Gasteiger partial charge >= 0.3 is 11.9 Å². The second-order valence-corrected chi connectivity index (χ2v) is 17.7. The molecule has 0 spiro atoms. The van der Waals surface area contributed by atoms with Crippen LogP contribution in [0, 0.1) is 29.6 Å². The average molecular weight is 891 g/mol. The molecule has 18 heteroatoms. The number of nitrogens with one attached hydrogen (secondary N) is 2. The Hall–Kier alpha value is -1.75. The van der Waals surface area contributed by atoms with E-state index in [-0.39, 0.29) is 47.8 Å². The second-order valence-electron chi connectivity index (χ2n) is 17.0. The third-order valence-electron chi connectivity index (χ3n) is 12.8. The molecule has 10 unspecified atom stereocenters. The Kier molecular flexibility index (Phi) is 16.4. The SMILES string of the molecule is [3H]N(CP)C1[C@H](O[C@H]2C(CO)O[C@@H](OC3[C@H](C)OC(C(=O)Oc4ccccc4)[C@@](C)(O)[C@@H]3OC(C)=O)C(N([3H])CP)[C@H]2C)OC(C)[C@H](O[C@@H]2OC(C(C)=O)[C@H](C)[C@H](C)C2C)[C@@H]1C.